The van der Waals surface area contributed by atoms with Crippen LogP contribution in [0.15, 0.2) is 24.4 Å². The summed E-state index contributed by atoms with van der Waals surface area (Å²) in [5, 5.41) is 8.48. The van der Waals surface area contributed by atoms with Gasteiger partial charge in [-0.3, -0.25) is 0 Å². The van der Waals surface area contributed by atoms with Crippen LogP contribution in [0, 0.1) is 3.57 Å². The van der Waals surface area contributed by atoms with E-state index in [-0.39, 0.29) is 0 Å². The van der Waals surface area contributed by atoms with Crippen molar-refractivity contribution in [1.29, 1.82) is 0 Å². The highest BCUT2D eigenvalue weighted by Crippen LogP contribution is 2.22. The second-order valence-corrected chi connectivity index (χ2v) is 4.80. The standard InChI is InChI=1S/C9H6Cl2IN3/c10-4-7-5-15(14-13-7)9-2-1-6(12)3-8(9)11/h1-3,5H,4H2. The third-order valence-corrected chi connectivity index (χ3v) is 3.08. The topological polar surface area (TPSA) is 30.7 Å². The van der Waals surface area contributed by atoms with E-state index in [1.54, 1.807) is 10.9 Å². The van der Waals surface area contributed by atoms with Gasteiger partial charge >= 0.3 is 0 Å². The maximum atomic E-state index is 6.09. The van der Waals surface area contributed by atoms with Crippen molar-refractivity contribution >= 4 is 45.8 Å². The van der Waals surface area contributed by atoms with Gasteiger partial charge in [0.2, 0.25) is 0 Å². The van der Waals surface area contributed by atoms with Crippen LogP contribution in [0.1, 0.15) is 5.69 Å². The van der Waals surface area contributed by atoms with Crippen LogP contribution < -0.4 is 0 Å². The van der Waals surface area contributed by atoms with Gasteiger partial charge in [-0.1, -0.05) is 16.8 Å². The molecule has 0 saturated carbocycles. The van der Waals surface area contributed by atoms with Crippen LogP contribution >= 0.6 is 45.8 Å². The molecular weight excluding hydrogens is 348 g/mol. The van der Waals surface area contributed by atoms with Gasteiger partial charge in [0.1, 0.15) is 0 Å². The SMILES string of the molecule is ClCc1cn(-c2ccc(I)cc2Cl)nn1. The summed E-state index contributed by atoms with van der Waals surface area (Å²) < 4.78 is 2.70. The third-order valence-electron chi connectivity index (χ3n) is 1.83. The van der Waals surface area contributed by atoms with Crippen molar-refractivity contribution in [3.8, 4) is 5.69 Å². The zero-order chi connectivity index (χ0) is 10.8. The lowest BCUT2D eigenvalue weighted by atomic mass is 10.3. The molecule has 0 saturated heterocycles. The molecule has 0 radical (unpaired) electrons. The number of benzene rings is 1. The summed E-state index contributed by atoms with van der Waals surface area (Å²) >= 11 is 13.9. The Morgan fingerprint density at radius 3 is 2.80 bits per heavy atom. The molecule has 3 nitrogen and oxygen atoms in total. The van der Waals surface area contributed by atoms with Gasteiger partial charge in [0.15, 0.2) is 0 Å². The van der Waals surface area contributed by atoms with E-state index in [1.165, 1.54) is 0 Å². The number of hydrogen-bond acceptors (Lipinski definition) is 2. The molecule has 0 unspecified atom stereocenters. The van der Waals surface area contributed by atoms with Gasteiger partial charge in [-0.25, -0.2) is 4.68 Å². The van der Waals surface area contributed by atoms with Crippen LogP contribution in [0.5, 0.6) is 0 Å². The highest BCUT2D eigenvalue weighted by Gasteiger charge is 2.06. The summed E-state index contributed by atoms with van der Waals surface area (Å²) in [6.45, 7) is 0. The van der Waals surface area contributed by atoms with Crippen molar-refractivity contribution < 1.29 is 0 Å². The first kappa shape index (κ1) is 11.2. The number of aromatic nitrogens is 3. The molecule has 1 heterocycles. The van der Waals surface area contributed by atoms with Crippen molar-refractivity contribution in [1.82, 2.24) is 15.0 Å². The molecule has 0 fully saturated rings. The molecule has 0 atom stereocenters. The Labute approximate surface area is 111 Å². The van der Waals surface area contributed by atoms with Crippen LogP contribution in [0.3, 0.4) is 0 Å². The van der Waals surface area contributed by atoms with Crippen molar-refractivity contribution in [2.24, 2.45) is 0 Å². The van der Waals surface area contributed by atoms with Gasteiger partial charge in [0.05, 0.1) is 28.5 Å². The van der Waals surface area contributed by atoms with Crippen molar-refractivity contribution in [2.75, 3.05) is 0 Å². The molecular formula is C9H6Cl2IN3. The van der Waals surface area contributed by atoms with E-state index in [4.69, 9.17) is 23.2 Å². The fourth-order valence-electron chi connectivity index (χ4n) is 1.14. The van der Waals surface area contributed by atoms with Crippen molar-refractivity contribution in [2.45, 2.75) is 5.88 Å². The molecule has 6 heteroatoms. The van der Waals surface area contributed by atoms with Crippen molar-refractivity contribution in [3.63, 3.8) is 0 Å². The summed E-state index contributed by atoms with van der Waals surface area (Å²) in [6, 6.07) is 5.74. The molecule has 0 aliphatic heterocycles. The minimum atomic E-state index is 0.349. The molecule has 15 heavy (non-hydrogen) atoms. The Morgan fingerprint density at radius 2 is 2.20 bits per heavy atom. The number of rotatable bonds is 2. The molecule has 0 spiro atoms. The zero-order valence-corrected chi connectivity index (χ0v) is 11.2. The zero-order valence-electron chi connectivity index (χ0n) is 7.49. The molecule has 78 valence electrons. The lowest BCUT2D eigenvalue weighted by Crippen LogP contribution is -1.96. The highest BCUT2D eigenvalue weighted by molar-refractivity contribution is 14.1. The Kier molecular flexibility index (Phi) is 3.48. The van der Waals surface area contributed by atoms with E-state index in [1.807, 2.05) is 18.2 Å². The van der Waals surface area contributed by atoms with Crippen LogP contribution in [0.25, 0.3) is 5.69 Å². The number of hydrogen-bond donors (Lipinski definition) is 0. The van der Waals surface area contributed by atoms with Gasteiger partial charge in [0, 0.05) is 3.57 Å². The van der Waals surface area contributed by atoms with Crippen LogP contribution in [-0.2, 0) is 5.88 Å². The molecule has 1 aromatic carbocycles. The largest absolute Gasteiger partial charge is 0.219 e. The fraction of sp³-hybridized carbons (Fsp3) is 0.111. The average molecular weight is 354 g/mol. The van der Waals surface area contributed by atoms with E-state index in [9.17, 15) is 0 Å². The quantitative estimate of drug-likeness (QED) is 0.612. The van der Waals surface area contributed by atoms with Gasteiger partial charge < -0.3 is 0 Å². The minimum absolute atomic E-state index is 0.349. The summed E-state index contributed by atoms with van der Waals surface area (Å²) in [7, 11) is 0. The van der Waals surface area contributed by atoms with Gasteiger partial charge in [0.25, 0.3) is 0 Å². The molecule has 0 aliphatic carbocycles. The molecule has 0 aliphatic rings. The van der Waals surface area contributed by atoms with Crippen molar-refractivity contribution in [3.05, 3.63) is 38.7 Å². The highest BCUT2D eigenvalue weighted by atomic mass is 127. The summed E-state index contributed by atoms with van der Waals surface area (Å²) in [5.74, 6) is 0.349. The van der Waals surface area contributed by atoms with Gasteiger partial charge in [-0.05, 0) is 40.8 Å². The molecule has 0 N–H and O–H groups in total. The van der Waals surface area contributed by atoms with E-state index in [0.717, 1.165) is 15.0 Å². The molecule has 1 aromatic heterocycles. The Balaban J connectivity index is 2.44. The fourth-order valence-corrected chi connectivity index (χ4v) is 2.21. The van der Waals surface area contributed by atoms with E-state index in [2.05, 4.69) is 32.9 Å². The Hall–Kier alpha value is -0.330. The molecule has 0 bridgehead atoms. The number of halogens is 3. The van der Waals surface area contributed by atoms with E-state index in [0.29, 0.717) is 10.9 Å². The first-order valence-corrected chi connectivity index (χ1v) is 6.12. The lowest BCUT2D eigenvalue weighted by Gasteiger charge is -2.02. The Bertz CT molecular complexity index is 484. The van der Waals surface area contributed by atoms with Crippen LogP contribution in [0.2, 0.25) is 5.02 Å². The van der Waals surface area contributed by atoms with E-state index >= 15 is 0 Å². The first-order valence-electron chi connectivity index (χ1n) is 4.13. The number of alkyl halides is 1. The summed E-state index contributed by atoms with van der Waals surface area (Å²) in [5.41, 5.74) is 1.53. The summed E-state index contributed by atoms with van der Waals surface area (Å²) in [6.07, 6.45) is 1.76. The molecule has 2 aromatic rings. The predicted molar refractivity (Wildman–Crippen MR) is 68.6 cm³/mol. The predicted octanol–water partition coefficient (Wildman–Crippen LogP) is 3.26. The maximum Gasteiger partial charge on any atom is 0.0979 e. The van der Waals surface area contributed by atoms with Gasteiger partial charge in [-0.2, -0.15) is 0 Å². The average Bonchev–Trinajstić information content (AvgIpc) is 2.66. The maximum absolute atomic E-state index is 6.09. The molecule has 2 rings (SSSR count). The smallest absolute Gasteiger partial charge is 0.0979 e. The molecule has 0 amide bonds. The van der Waals surface area contributed by atoms with Gasteiger partial charge in [-0.15, -0.1) is 16.7 Å². The second kappa shape index (κ2) is 4.67. The van der Waals surface area contributed by atoms with Crippen LogP contribution in [0.4, 0.5) is 0 Å². The monoisotopic (exact) mass is 353 g/mol. The van der Waals surface area contributed by atoms with Crippen LogP contribution in [-0.4, -0.2) is 15.0 Å². The normalized spacial score (nSPS) is 10.6. The second-order valence-electron chi connectivity index (χ2n) is 2.88. The third kappa shape index (κ3) is 2.43. The first-order chi connectivity index (χ1) is 7.20. The number of nitrogens with zero attached hydrogens (tertiary/aromatic N) is 3. The lowest BCUT2D eigenvalue weighted by molar-refractivity contribution is 0.800. The van der Waals surface area contributed by atoms with E-state index < -0.39 is 0 Å². The Morgan fingerprint density at radius 1 is 1.40 bits per heavy atom. The summed E-state index contributed by atoms with van der Waals surface area (Å²) in [4.78, 5) is 0. The minimum Gasteiger partial charge on any atom is -0.219 e.